The molecule has 1 amide bonds. The van der Waals surface area contributed by atoms with Crippen LogP contribution in [0.2, 0.25) is 15.3 Å². The van der Waals surface area contributed by atoms with E-state index in [4.69, 9.17) is 34.8 Å². The van der Waals surface area contributed by atoms with Crippen LogP contribution in [0.1, 0.15) is 6.92 Å². The van der Waals surface area contributed by atoms with Gasteiger partial charge in [-0.1, -0.05) is 29.3 Å². The number of anilines is 5. The number of benzene rings is 3. The van der Waals surface area contributed by atoms with Gasteiger partial charge in [-0.2, -0.15) is 60.5 Å². The van der Waals surface area contributed by atoms with E-state index in [1.165, 1.54) is 25.1 Å². The minimum absolute atomic E-state index is 0.0504. The van der Waals surface area contributed by atoms with Crippen molar-refractivity contribution in [2.75, 3.05) is 15.6 Å². The van der Waals surface area contributed by atoms with Gasteiger partial charge in [0.25, 0.3) is 36.3 Å². The highest BCUT2D eigenvalue weighted by Gasteiger charge is 2.36. The molecule has 0 saturated carbocycles. The predicted octanol–water partition coefficient (Wildman–Crippen LogP) is 4.93. The molecule has 5 rings (SSSR count). The first kappa shape index (κ1) is 36.9. The number of halogens is 3. The van der Waals surface area contributed by atoms with Crippen molar-refractivity contribution in [2.24, 2.45) is 15.3 Å². The monoisotopic (exact) mass is 805 g/mol. The maximum atomic E-state index is 13.3. The lowest BCUT2D eigenvalue weighted by Crippen LogP contribution is -2.30. The summed E-state index contributed by atoms with van der Waals surface area (Å²) in [6, 6.07) is 8.72. The van der Waals surface area contributed by atoms with Gasteiger partial charge in [-0.05, 0) is 67.1 Å². The maximum Gasteiger partial charge on any atom is 0.296 e. The molecule has 50 heavy (non-hydrogen) atoms. The summed E-state index contributed by atoms with van der Waals surface area (Å²) < 4.78 is 98.8. The molecule has 0 bridgehead atoms. The summed E-state index contributed by atoms with van der Waals surface area (Å²) in [6.07, 6.45) is 0. The molecule has 3 aromatic carbocycles. The van der Waals surface area contributed by atoms with Gasteiger partial charge in [0.2, 0.25) is 17.2 Å². The molecule has 0 spiro atoms. The lowest BCUT2D eigenvalue weighted by atomic mass is 10.2. The Kier molecular flexibility index (Phi) is 10.1. The van der Waals surface area contributed by atoms with Crippen LogP contribution in [0.5, 0.6) is 0 Å². The van der Waals surface area contributed by atoms with Gasteiger partial charge < -0.3 is 10.6 Å². The van der Waals surface area contributed by atoms with Crippen LogP contribution in [0.3, 0.4) is 0 Å². The number of aromatic nitrogens is 3. The zero-order valence-electron chi connectivity index (χ0n) is 24.5. The molecule has 1 aromatic heterocycles. The molecule has 19 nitrogen and oxygen atoms in total. The average molecular weight is 807 g/mol. The number of rotatable bonds is 10. The van der Waals surface area contributed by atoms with Crippen LogP contribution in [0.4, 0.5) is 34.6 Å². The third-order valence-electron chi connectivity index (χ3n) is 6.37. The number of hydrogen-bond acceptors (Lipinski definition) is 15. The number of nitrogens with zero attached hydrogens (tertiary/aromatic N) is 7. The van der Waals surface area contributed by atoms with Crippen molar-refractivity contribution in [3.05, 3.63) is 69.9 Å². The van der Waals surface area contributed by atoms with E-state index in [1.807, 2.05) is 0 Å². The number of carbonyl (C=O) groups excluding carboxylic acids is 1. The Morgan fingerprint density at radius 2 is 1.38 bits per heavy atom. The fourth-order valence-electron chi connectivity index (χ4n) is 4.21. The lowest BCUT2D eigenvalue weighted by Gasteiger charge is -2.15. The Morgan fingerprint density at radius 3 is 1.98 bits per heavy atom. The zero-order chi connectivity index (χ0) is 36.8. The molecule has 0 unspecified atom stereocenters. The lowest BCUT2D eigenvalue weighted by molar-refractivity contribution is -0.117. The number of azo groups is 1. The first-order valence-electron chi connectivity index (χ1n) is 13.1. The van der Waals surface area contributed by atoms with Gasteiger partial charge in [-0.15, -0.1) is 0 Å². The first-order valence-corrected chi connectivity index (χ1v) is 18.6. The molecule has 0 radical (unpaired) electrons. The normalized spacial score (nSPS) is 15.4. The second-order valence-electron chi connectivity index (χ2n) is 9.88. The van der Waals surface area contributed by atoms with Gasteiger partial charge in [0.15, 0.2) is 6.04 Å². The summed E-state index contributed by atoms with van der Waals surface area (Å²) in [5.74, 6) is -1.21. The fourth-order valence-corrected chi connectivity index (χ4v) is 6.83. The third kappa shape index (κ3) is 8.31. The molecule has 1 aliphatic rings. The van der Waals surface area contributed by atoms with Crippen molar-refractivity contribution in [3.63, 3.8) is 0 Å². The van der Waals surface area contributed by atoms with Crippen molar-refractivity contribution < 1.29 is 43.7 Å². The minimum Gasteiger partial charge on any atom is -0.324 e. The molecule has 0 aliphatic carbocycles. The van der Waals surface area contributed by atoms with Crippen LogP contribution >= 0.6 is 34.8 Å². The number of nitrogens with one attached hydrogen (secondary N) is 2. The van der Waals surface area contributed by atoms with Gasteiger partial charge in [-0.3, -0.25) is 18.5 Å². The summed E-state index contributed by atoms with van der Waals surface area (Å²) in [5, 5.41) is 17.0. The SMILES string of the molecule is CC1=NN(c2cc(Cl)c(S(=O)(=O)O)cc2Cl)C(=O)[C@@H]1N=Nc1cc(Nc2nc(Cl)nc(Nc3cccc(S(=O)(=O)O)c3)n2)ccc1S(=O)(=O)O. The Bertz CT molecular complexity index is 2470. The van der Waals surface area contributed by atoms with E-state index in [0.717, 1.165) is 41.4 Å². The summed E-state index contributed by atoms with van der Waals surface area (Å²) in [6.45, 7) is 1.39. The molecule has 0 saturated heterocycles. The summed E-state index contributed by atoms with van der Waals surface area (Å²) in [7, 11) is -14.1. The molecule has 262 valence electrons. The molecule has 1 aliphatic heterocycles. The molecule has 5 N–H and O–H groups in total. The van der Waals surface area contributed by atoms with E-state index in [-0.39, 0.29) is 45.0 Å². The molecule has 0 fully saturated rings. The van der Waals surface area contributed by atoms with Gasteiger partial charge in [0, 0.05) is 11.4 Å². The number of hydrazone groups is 1. The molecule has 25 heteroatoms. The van der Waals surface area contributed by atoms with Crippen molar-refractivity contribution in [3.8, 4) is 0 Å². The maximum absolute atomic E-state index is 13.3. The van der Waals surface area contributed by atoms with E-state index in [1.54, 1.807) is 0 Å². The van der Waals surface area contributed by atoms with Crippen LogP contribution < -0.4 is 15.6 Å². The van der Waals surface area contributed by atoms with Crippen molar-refractivity contribution in [1.82, 2.24) is 15.0 Å². The quantitative estimate of drug-likeness (QED) is 0.105. The Labute approximate surface area is 297 Å². The van der Waals surface area contributed by atoms with E-state index >= 15 is 0 Å². The second kappa shape index (κ2) is 13.7. The van der Waals surface area contributed by atoms with Gasteiger partial charge >= 0.3 is 0 Å². The van der Waals surface area contributed by atoms with Crippen molar-refractivity contribution in [1.29, 1.82) is 0 Å². The smallest absolute Gasteiger partial charge is 0.296 e. The highest BCUT2D eigenvalue weighted by molar-refractivity contribution is 7.86. The van der Waals surface area contributed by atoms with Crippen molar-refractivity contribution in [2.45, 2.75) is 27.7 Å². The van der Waals surface area contributed by atoms with Gasteiger partial charge in [0.1, 0.15) is 15.5 Å². The second-order valence-corrected chi connectivity index (χ2v) is 15.2. The minimum atomic E-state index is -4.88. The number of hydrogen-bond donors (Lipinski definition) is 5. The first-order chi connectivity index (χ1) is 23.2. The average Bonchev–Trinajstić information content (AvgIpc) is 3.27. The zero-order valence-corrected chi connectivity index (χ0v) is 29.2. The van der Waals surface area contributed by atoms with E-state index in [9.17, 15) is 43.7 Å². The summed E-state index contributed by atoms with van der Waals surface area (Å²) in [4.78, 5) is 23.4. The van der Waals surface area contributed by atoms with Crippen LogP contribution in [-0.4, -0.2) is 71.5 Å². The number of carbonyl (C=O) groups is 1. The van der Waals surface area contributed by atoms with Crippen LogP contribution in [-0.2, 0) is 35.1 Å². The van der Waals surface area contributed by atoms with Gasteiger partial charge in [-0.25, -0.2) is 0 Å². The van der Waals surface area contributed by atoms with E-state index < -0.39 is 67.7 Å². The summed E-state index contributed by atoms with van der Waals surface area (Å²) >= 11 is 18.1. The van der Waals surface area contributed by atoms with E-state index in [0.29, 0.717) is 0 Å². The Morgan fingerprint density at radius 1 is 0.760 bits per heavy atom. The largest absolute Gasteiger partial charge is 0.324 e. The molecule has 2 heterocycles. The predicted molar refractivity (Wildman–Crippen MR) is 179 cm³/mol. The number of amides is 1. The molecular weight excluding hydrogens is 789 g/mol. The Balaban J connectivity index is 1.42. The molecular formula is C25H18Cl3N9O10S3. The van der Waals surface area contributed by atoms with Crippen molar-refractivity contribution >= 4 is 111 Å². The van der Waals surface area contributed by atoms with E-state index in [2.05, 4.69) is 40.9 Å². The molecule has 4 aromatic rings. The third-order valence-corrected chi connectivity index (χ3v) is 9.91. The molecule has 1 atom stereocenters. The Hall–Kier alpha value is -4.39. The van der Waals surface area contributed by atoms with Gasteiger partial charge in [0.05, 0.1) is 26.3 Å². The fraction of sp³-hybridized carbons (Fsp3) is 0.0800. The van der Waals surface area contributed by atoms with Crippen LogP contribution in [0, 0.1) is 0 Å². The van der Waals surface area contributed by atoms with Crippen LogP contribution in [0.15, 0.2) is 84.6 Å². The highest BCUT2D eigenvalue weighted by Crippen LogP contribution is 2.37. The topological polar surface area (TPSA) is 283 Å². The summed E-state index contributed by atoms with van der Waals surface area (Å²) in [5.41, 5.74) is -0.317. The standard InChI is InChI=1S/C25H18Cl3N9O10S3/c1-11-21(22(38)37(36-11)18-9-16(27)20(10-15(18)26)50(45,46)47)35-34-17-8-13(5-6-19(17)49(42,43)44)30-25-32-23(28)31-24(33-25)29-12-3-2-4-14(7-12)48(39,40)41/h2-10,21H,1H3,(H,39,40,41)(H,42,43,44)(H,45,46,47)(H2,29,30,31,32,33)/t21-/m1/s1. The highest BCUT2D eigenvalue weighted by atomic mass is 35.5. The van der Waals surface area contributed by atoms with Crippen LogP contribution in [0.25, 0.3) is 0 Å².